The third-order valence-electron chi connectivity index (χ3n) is 7.23. The number of pyridine rings is 1. The predicted octanol–water partition coefficient (Wildman–Crippen LogP) is 6.17. The summed E-state index contributed by atoms with van der Waals surface area (Å²) < 4.78 is 129. The van der Waals surface area contributed by atoms with Crippen LogP contribution in [0.1, 0.15) is 60.8 Å². The number of nitrogens with one attached hydrogen (secondary N) is 2. The summed E-state index contributed by atoms with van der Waals surface area (Å²) in [5.74, 6) is -2.76. The molecular formula is C26H24F9N7O2. The van der Waals surface area contributed by atoms with Crippen LogP contribution in [0.25, 0.3) is 0 Å². The molecule has 5 rings (SSSR count). The van der Waals surface area contributed by atoms with Gasteiger partial charge in [-0.25, -0.2) is 4.98 Å². The monoisotopic (exact) mass is 637 g/mol. The molecule has 1 aliphatic carbocycles. The number of benzene rings is 1. The van der Waals surface area contributed by atoms with E-state index in [1.807, 2.05) is 0 Å². The highest BCUT2D eigenvalue weighted by atomic mass is 19.4. The highest BCUT2D eigenvalue weighted by molar-refractivity contribution is 5.78. The summed E-state index contributed by atoms with van der Waals surface area (Å²) in [5, 5.41) is 16.3. The third kappa shape index (κ3) is 6.52. The van der Waals surface area contributed by atoms with Crippen molar-refractivity contribution in [2.75, 3.05) is 10.2 Å². The third-order valence-corrected chi connectivity index (χ3v) is 7.23. The zero-order valence-corrected chi connectivity index (χ0v) is 22.8. The minimum atomic E-state index is -5.17. The lowest BCUT2D eigenvalue weighted by Crippen LogP contribution is -2.51. The van der Waals surface area contributed by atoms with E-state index in [9.17, 15) is 44.3 Å². The number of nitrogens with zero attached hydrogens (tertiary/aromatic N) is 5. The van der Waals surface area contributed by atoms with E-state index in [4.69, 9.17) is 4.74 Å². The van der Waals surface area contributed by atoms with Crippen LogP contribution in [0.3, 0.4) is 0 Å². The number of aromatic nitrogens is 5. The lowest BCUT2D eigenvalue weighted by molar-refractivity contribution is -0.154. The molecule has 2 N–H and O–H groups in total. The SMILES string of the molecule is CC(C)OC(=O)[C@@H]1C(N(Cc2cc(C(F)(F)F)cc(C(F)(F)F)c2)c2nn[nH]n2)c2nc(C(F)(F)F)ccc2N[C@@H]1C1CC1. The number of esters is 1. The van der Waals surface area contributed by atoms with E-state index in [1.54, 1.807) is 13.8 Å². The second-order valence-electron chi connectivity index (χ2n) is 10.8. The number of tetrazole rings is 1. The maximum absolute atomic E-state index is 13.8. The van der Waals surface area contributed by atoms with E-state index < -0.39 is 83.5 Å². The first-order valence-electron chi connectivity index (χ1n) is 13.3. The first kappa shape index (κ1) is 31.3. The zero-order chi connectivity index (χ0) is 32.2. The van der Waals surface area contributed by atoms with Crippen LogP contribution >= 0.6 is 0 Å². The summed E-state index contributed by atoms with van der Waals surface area (Å²) in [6.07, 6.45) is -14.7. The average Bonchev–Trinajstić information content (AvgIpc) is 3.62. The summed E-state index contributed by atoms with van der Waals surface area (Å²) in [6, 6.07) is 0.461. The van der Waals surface area contributed by atoms with Gasteiger partial charge in [0.15, 0.2) is 0 Å². The Hall–Kier alpha value is -4.12. The molecule has 3 heterocycles. The molecule has 18 heteroatoms. The summed E-state index contributed by atoms with van der Waals surface area (Å²) in [7, 11) is 0. The van der Waals surface area contributed by atoms with Gasteiger partial charge >= 0.3 is 24.5 Å². The van der Waals surface area contributed by atoms with Crippen LogP contribution < -0.4 is 10.2 Å². The molecule has 2 aromatic heterocycles. The normalized spacial score (nSPS) is 20.7. The second-order valence-corrected chi connectivity index (χ2v) is 10.8. The van der Waals surface area contributed by atoms with E-state index in [-0.39, 0.29) is 23.4 Å². The molecule has 1 aromatic carbocycles. The van der Waals surface area contributed by atoms with Crippen LogP contribution in [0.15, 0.2) is 30.3 Å². The van der Waals surface area contributed by atoms with E-state index in [0.29, 0.717) is 25.0 Å². The van der Waals surface area contributed by atoms with Crippen molar-refractivity contribution in [1.29, 1.82) is 0 Å². The highest BCUT2D eigenvalue weighted by Gasteiger charge is 2.52. The quantitative estimate of drug-likeness (QED) is 0.234. The number of alkyl halides is 9. The van der Waals surface area contributed by atoms with Crippen molar-refractivity contribution in [2.24, 2.45) is 11.8 Å². The number of carbonyl (C=O) groups excluding carboxylic acids is 1. The van der Waals surface area contributed by atoms with Crippen molar-refractivity contribution >= 4 is 17.6 Å². The van der Waals surface area contributed by atoms with Gasteiger partial charge in [-0.2, -0.15) is 44.7 Å². The van der Waals surface area contributed by atoms with Gasteiger partial charge in [-0.1, -0.05) is 5.10 Å². The van der Waals surface area contributed by atoms with Crippen LogP contribution in [-0.2, 0) is 34.6 Å². The molecule has 0 radical (unpaired) electrons. The van der Waals surface area contributed by atoms with Gasteiger partial charge in [0, 0.05) is 12.6 Å². The van der Waals surface area contributed by atoms with Gasteiger partial charge in [-0.15, -0.1) is 5.10 Å². The number of halogens is 9. The number of fused-ring (bicyclic) bond motifs is 1. The van der Waals surface area contributed by atoms with E-state index >= 15 is 0 Å². The fourth-order valence-corrected chi connectivity index (χ4v) is 5.29. The molecule has 238 valence electrons. The molecule has 0 spiro atoms. The molecule has 9 nitrogen and oxygen atoms in total. The predicted molar refractivity (Wildman–Crippen MR) is 134 cm³/mol. The first-order valence-corrected chi connectivity index (χ1v) is 13.3. The van der Waals surface area contributed by atoms with Gasteiger partial charge in [0.2, 0.25) is 0 Å². The fraction of sp³-hybridized carbons (Fsp3) is 0.500. The number of H-pyrrole nitrogens is 1. The Kier molecular flexibility index (Phi) is 7.90. The van der Waals surface area contributed by atoms with Gasteiger partial charge in [0.05, 0.1) is 34.7 Å². The summed E-state index contributed by atoms with van der Waals surface area (Å²) >= 11 is 0. The van der Waals surface area contributed by atoms with Crippen molar-refractivity contribution in [2.45, 2.75) is 70.0 Å². The highest BCUT2D eigenvalue weighted by Crippen LogP contribution is 2.50. The molecule has 1 saturated carbocycles. The fourth-order valence-electron chi connectivity index (χ4n) is 5.29. The molecule has 44 heavy (non-hydrogen) atoms. The first-order chi connectivity index (χ1) is 20.4. The van der Waals surface area contributed by atoms with Crippen molar-refractivity contribution in [3.63, 3.8) is 0 Å². The molecule has 0 saturated heterocycles. The number of anilines is 2. The van der Waals surface area contributed by atoms with Crippen molar-refractivity contribution in [3.8, 4) is 0 Å². The topological polar surface area (TPSA) is 109 Å². The number of hydrogen-bond acceptors (Lipinski definition) is 8. The second kappa shape index (κ2) is 11.1. The number of rotatable bonds is 7. The average molecular weight is 638 g/mol. The smallest absolute Gasteiger partial charge is 0.433 e. The molecule has 1 unspecified atom stereocenters. The van der Waals surface area contributed by atoms with E-state index in [1.165, 1.54) is 0 Å². The Morgan fingerprint density at radius 3 is 2.11 bits per heavy atom. The minimum absolute atomic E-state index is 0.0505. The van der Waals surface area contributed by atoms with Gasteiger partial charge in [0.1, 0.15) is 11.6 Å². The van der Waals surface area contributed by atoms with Crippen LogP contribution in [0.2, 0.25) is 0 Å². The number of hydrogen-bond donors (Lipinski definition) is 2. The van der Waals surface area contributed by atoms with E-state index in [2.05, 4.69) is 30.9 Å². The van der Waals surface area contributed by atoms with Gasteiger partial charge in [0.25, 0.3) is 5.95 Å². The van der Waals surface area contributed by atoms with Gasteiger partial charge in [-0.05, 0) is 73.7 Å². The summed E-state index contributed by atoms with van der Waals surface area (Å²) in [5.41, 5.74) is -5.36. The molecule has 3 atom stereocenters. The molecule has 1 aliphatic heterocycles. The van der Waals surface area contributed by atoms with Crippen molar-refractivity contribution in [1.82, 2.24) is 25.6 Å². The Morgan fingerprint density at radius 1 is 0.977 bits per heavy atom. The maximum atomic E-state index is 13.8. The summed E-state index contributed by atoms with van der Waals surface area (Å²) in [4.78, 5) is 18.5. The lowest BCUT2D eigenvalue weighted by Gasteiger charge is -2.43. The van der Waals surface area contributed by atoms with Gasteiger partial charge < -0.3 is 15.0 Å². The molecule has 3 aromatic rings. The standard InChI is InChI=1S/C26H24F9N7O2/c1-11(2)44-22(43)18-19(13-3-4-13)36-16-5-6-17(26(33,34)35)37-20(16)21(18)42(23-38-40-41-39-23)10-12-7-14(24(27,28)29)9-15(8-12)25(30,31)32/h5-9,11,13,18-19,21,36H,3-4,10H2,1-2H3,(H,38,39,40,41)/t18-,19+,21?/m0/s1. The Labute approximate surface area is 243 Å². The molecule has 1 fully saturated rings. The van der Waals surface area contributed by atoms with Crippen LogP contribution in [0.5, 0.6) is 0 Å². The zero-order valence-electron chi connectivity index (χ0n) is 22.8. The number of ether oxygens (including phenoxy) is 1. The molecule has 0 amide bonds. The Balaban J connectivity index is 1.73. The largest absolute Gasteiger partial charge is 0.463 e. The van der Waals surface area contributed by atoms with Crippen molar-refractivity contribution in [3.05, 3.63) is 58.4 Å². The number of carbonyl (C=O) groups is 1. The molecule has 0 bridgehead atoms. The lowest BCUT2D eigenvalue weighted by atomic mass is 9.81. The molecular weight excluding hydrogens is 613 g/mol. The van der Waals surface area contributed by atoms with Crippen LogP contribution in [-0.4, -0.2) is 43.7 Å². The Bertz CT molecular complexity index is 1470. The Morgan fingerprint density at radius 2 is 1.61 bits per heavy atom. The molecule has 2 aliphatic rings. The minimum Gasteiger partial charge on any atom is -0.463 e. The van der Waals surface area contributed by atoms with Crippen LogP contribution in [0.4, 0.5) is 51.1 Å². The van der Waals surface area contributed by atoms with Crippen LogP contribution in [0, 0.1) is 11.8 Å². The van der Waals surface area contributed by atoms with Gasteiger partial charge in [-0.3, -0.25) is 4.79 Å². The maximum Gasteiger partial charge on any atom is 0.433 e. The number of aromatic amines is 1. The summed E-state index contributed by atoms with van der Waals surface area (Å²) in [6.45, 7) is 2.28. The van der Waals surface area contributed by atoms with E-state index in [0.717, 1.165) is 17.0 Å². The van der Waals surface area contributed by atoms with Crippen molar-refractivity contribution < 1.29 is 49.0 Å².